The van der Waals surface area contributed by atoms with Crippen LogP contribution in [0.25, 0.3) is 0 Å². The third-order valence-electron chi connectivity index (χ3n) is 6.62. The van der Waals surface area contributed by atoms with Crippen molar-refractivity contribution in [2.45, 2.75) is 51.5 Å². The topological polar surface area (TPSA) is 86.8 Å². The normalized spacial score (nSPS) is 12.2. The minimum Gasteiger partial charge on any atom is -0.354 e. The van der Waals surface area contributed by atoms with Crippen LogP contribution in [-0.2, 0) is 26.0 Å². The molecule has 0 heterocycles. The molecule has 214 valence electrons. The first-order valence-corrected chi connectivity index (χ1v) is 15.3. The first-order chi connectivity index (χ1) is 19.0. The fourth-order valence-corrected chi connectivity index (χ4v) is 6.01. The molecule has 2 amide bonds. The van der Waals surface area contributed by atoms with E-state index in [9.17, 15) is 18.0 Å². The van der Waals surface area contributed by atoms with Crippen LogP contribution in [0.5, 0.6) is 0 Å². The van der Waals surface area contributed by atoms with Crippen LogP contribution < -0.4 is 9.62 Å². The number of aryl methyl sites for hydroxylation is 1. The standard InChI is InChI=1S/C31H38ClN3O4S/c1-5-28(31(37)33-21-23(2)3)34(20-19-25-12-7-6-8-13-25)30(36)22-35(29-14-10-9-11-24(29)4)40(38,39)27-17-15-26(32)16-18-27/h6-18,23,28H,5,19-22H2,1-4H3,(H,33,37). The highest BCUT2D eigenvalue weighted by Crippen LogP contribution is 2.28. The van der Waals surface area contributed by atoms with Crippen LogP contribution in [0.2, 0.25) is 5.02 Å². The number of rotatable bonds is 13. The zero-order valence-electron chi connectivity index (χ0n) is 23.5. The summed E-state index contributed by atoms with van der Waals surface area (Å²) in [6, 6.07) is 21.8. The summed E-state index contributed by atoms with van der Waals surface area (Å²) in [5, 5.41) is 3.35. The average Bonchev–Trinajstić information content (AvgIpc) is 2.93. The molecule has 3 aromatic rings. The van der Waals surface area contributed by atoms with E-state index in [0.29, 0.717) is 35.7 Å². The molecule has 0 radical (unpaired) electrons. The Kier molecular flexibility index (Phi) is 11.2. The maximum absolute atomic E-state index is 14.1. The van der Waals surface area contributed by atoms with E-state index in [0.717, 1.165) is 9.87 Å². The monoisotopic (exact) mass is 583 g/mol. The van der Waals surface area contributed by atoms with Crippen molar-refractivity contribution in [1.82, 2.24) is 10.2 Å². The molecule has 0 spiro atoms. The molecule has 0 saturated heterocycles. The van der Waals surface area contributed by atoms with Crippen LogP contribution in [-0.4, -0.2) is 50.8 Å². The molecule has 0 bridgehead atoms. The molecule has 9 heteroatoms. The minimum absolute atomic E-state index is 0.0190. The second-order valence-corrected chi connectivity index (χ2v) is 12.4. The van der Waals surface area contributed by atoms with Crippen LogP contribution >= 0.6 is 11.6 Å². The van der Waals surface area contributed by atoms with Gasteiger partial charge in [-0.05, 0) is 67.1 Å². The highest BCUT2D eigenvalue weighted by atomic mass is 35.5. The fourth-order valence-electron chi connectivity index (χ4n) is 4.41. The number of amides is 2. The molecule has 1 unspecified atom stereocenters. The lowest BCUT2D eigenvalue weighted by molar-refractivity contribution is -0.139. The predicted octanol–water partition coefficient (Wildman–Crippen LogP) is 5.47. The fraction of sp³-hybridized carbons (Fsp3) is 0.355. The number of hydrogen-bond donors (Lipinski definition) is 1. The van der Waals surface area contributed by atoms with Crippen molar-refractivity contribution < 1.29 is 18.0 Å². The second-order valence-electron chi connectivity index (χ2n) is 10.1. The summed E-state index contributed by atoms with van der Waals surface area (Å²) < 4.78 is 29.0. The number of hydrogen-bond acceptors (Lipinski definition) is 4. The number of benzene rings is 3. The largest absolute Gasteiger partial charge is 0.354 e. The second kappa shape index (κ2) is 14.3. The van der Waals surface area contributed by atoms with Crippen molar-refractivity contribution in [1.29, 1.82) is 0 Å². The number of nitrogens with one attached hydrogen (secondary N) is 1. The summed E-state index contributed by atoms with van der Waals surface area (Å²) in [5.74, 6) is -0.458. The maximum atomic E-state index is 14.1. The van der Waals surface area contributed by atoms with Gasteiger partial charge in [-0.15, -0.1) is 0 Å². The van der Waals surface area contributed by atoms with E-state index in [4.69, 9.17) is 11.6 Å². The van der Waals surface area contributed by atoms with Crippen molar-refractivity contribution in [3.05, 3.63) is 95.0 Å². The number of para-hydroxylation sites is 1. The Hall–Kier alpha value is -3.36. The van der Waals surface area contributed by atoms with Gasteiger partial charge >= 0.3 is 0 Å². The van der Waals surface area contributed by atoms with Crippen molar-refractivity contribution in [3.8, 4) is 0 Å². The van der Waals surface area contributed by atoms with E-state index in [1.165, 1.54) is 29.2 Å². The third-order valence-corrected chi connectivity index (χ3v) is 8.65. The highest BCUT2D eigenvalue weighted by molar-refractivity contribution is 7.92. The van der Waals surface area contributed by atoms with Crippen LogP contribution in [0.15, 0.2) is 83.8 Å². The number of halogens is 1. The van der Waals surface area contributed by atoms with Gasteiger partial charge < -0.3 is 10.2 Å². The van der Waals surface area contributed by atoms with Crippen LogP contribution in [0.3, 0.4) is 0 Å². The van der Waals surface area contributed by atoms with Gasteiger partial charge in [0.25, 0.3) is 10.0 Å². The summed E-state index contributed by atoms with van der Waals surface area (Å²) in [4.78, 5) is 28.8. The Bertz CT molecular complexity index is 1380. The average molecular weight is 584 g/mol. The highest BCUT2D eigenvalue weighted by Gasteiger charge is 2.33. The van der Waals surface area contributed by atoms with Gasteiger partial charge in [0.05, 0.1) is 10.6 Å². The molecule has 3 aromatic carbocycles. The molecule has 3 rings (SSSR count). The number of anilines is 1. The van der Waals surface area contributed by atoms with Gasteiger partial charge in [0.15, 0.2) is 0 Å². The van der Waals surface area contributed by atoms with Crippen LogP contribution in [0.1, 0.15) is 38.3 Å². The van der Waals surface area contributed by atoms with E-state index >= 15 is 0 Å². The SMILES string of the molecule is CCC(C(=O)NCC(C)C)N(CCc1ccccc1)C(=O)CN(c1ccccc1C)S(=O)(=O)c1ccc(Cl)cc1. The van der Waals surface area contributed by atoms with Gasteiger partial charge in [-0.25, -0.2) is 8.42 Å². The summed E-state index contributed by atoms with van der Waals surface area (Å²) in [6.45, 7) is 7.94. The summed E-state index contributed by atoms with van der Waals surface area (Å²) in [5.41, 5.74) is 2.11. The van der Waals surface area contributed by atoms with Crippen molar-refractivity contribution in [2.24, 2.45) is 5.92 Å². The van der Waals surface area contributed by atoms with Gasteiger partial charge in [-0.1, -0.05) is 80.9 Å². The molecule has 0 aliphatic carbocycles. The zero-order valence-corrected chi connectivity index (χ0v) is 25.1. The predicted molar refractivity (Wildman–Crippen MR) is 161 cm³/mol. The molecule has 0 aromatic heterocycles. The van der Waals surface area contributed by atoms with E-state index in [-0.39, 0.29) is 23.3 Å². The number of carbonyl (C=O) groups is 2. The summed E-state index contributed by atoms with van der Waals surface area (Å²) in [6.07, 6.45) is 0.910. The lowest BCUT2D eigenvalue weighted by Gasteiger charge is -2.33. The van der Waals surface area contributed by atoms with Crippen LogP contribution in [0, 0.1) is 12.8 Å². The van der Waals surface area contributed by atoms with Crippen LogP contribution in [0.4, 0.5) is 5.69 Å². The Morgan fingerprint density at radius 2 is 1.55 bits per heavy atom. The molecular formula is C31H38ClN3O4S. The number of nitrogens with zero attached hydrogens (tertiary/aromatic N) is 2. The first-order valence-electron chi connectivity index (χ1n) is 13.5. The zero-order chi connectivity index (χ0) is 29.3. The molecule has 1 N–H and O–H groups in total. The van der Waals surface area contributed by atoms with Gasteiger partial charge in [-0.3, -0.25) is 13.9 Å². The molecule has 40 heavy (non-hydrogen) atoms. The Morgan fingerprint density at radius 3 is 2.15 bits per heavy atom. The van der Waals surface area contributed by atoms with Gasteiger partial charge in [-0.2, -0.15) is 0 Å². The molecule has 1 atom stereocenters. The third kappa shape index (κ3) is 8.08. The quantitative estimate of drug-likeness (QED) is 0.289. The van der Waals surface area contributed by atoms with E-state index < -0.39 is 28.5 Å². The Labute approximate surface area is 243 Å². The van der Waals surface area contributed by atoms with E-state index in [2.05, 4.69) is 5.32 Å². The lowest BCUT2D eigenvalue weighted by Crippen LogP contribution is -2.53. The Balaban J connectivity index is 2.00. The molecule has 0 saturated carbocycles. The van der Waals surface area contributed by atoms with Crippen molar-refractivity contribution in [2.75, 3.05) is 23.9 Å². The van der Waals surface area contributed by atoms with Crippen molar-refractivity contribution >= 4 is 39.1 Å². The molecule has 0 aliphatic rings. The summed E-state index contributed by atoms with van der Waals surface area (Å²) in [7, 11) is -4.14. The minimum atomic E-state index is -4.14. The number of sulfonamides is 1. The molecule has 0 aliphatic heterocycles. The summed E-state index contributed by atoms with van der Waals surface area (Å²) >= 11 is 6.01. The van der Waals surface area contributed by atoms with Gasteiger partial charge in [0, 0.05) is 18.1 Å². The van der Waals surface area contributed by atoms with Crippen molar-refractivity contribution in [3.63, 3.8) is 0 Å². The maximum Gasteiger partial charge on any atom is 0.264 e. The molecule has 0 fully saturated rings. The smallest absolute Gasteiger partial charge is 0.264 e. The van der Waals surface area contributed by atoms with Gasteiger partial charge in [0.1, 0.15) is 12.6 Å². The molecular weight excluding hydrogens is 546 g/mol. The lowest BCUT2D eigenvalue weighted by atomic mass is 10.1. The Morgan fingerprint density at radius 1 is 0.925 bits per heavy atom. The van der Waals surface area contributed by atoms with E-state index in [1.807, 2.05) is 57.2 Å². The van der Waals surface area contributed by atoms with E-state index in [1.54, 1.807) is 25.1 Å². The number of carbonyl (C=O) groups excluding carboxylic acids is 2. The first kappa shape index (κ1) is 31.2. The molecule has 7 nitrogen and oxygen atoms in total. The van der Waals surface area contributed by atoms with Gasteiger partial charge in [0.2, 0.25) is 11.8 Å².